The third-order valence-corrected chi connectivity index (χ3v) is 4.14. The van der Waals surface area contributed by atoms with Gasteiger partial charge in [0, 0.05) is 16.3 Å². The molecule has 1 aromatic heterocycles. The zero-order valence-corrected chi connectivity index (χ0v) is 13.9. The predicted molar refractivity (Wildman–Crippen MR) is 86.9 cm³/mol. The lowest BCUT2D eigenvalue weighted by Crippen LogP contribution is -2.08. The van der Waals surface area contributed by atoms with Gasteiger partial charge in [-0.2, -0.15) is 5.10 Å². The van der Waals surface area contributed by atoms with E-state index < -0.39 is 6.10 Å². The monoisotopic (exact) mass is 306 g/mol. The second-order valence-electron chi connectivity index (χ2n) is 5.44. The van der Waals surface area contributed by atoms with E-state index >= 15 is 0 Å². The molecule has 0 aliphatic rings. The fourth-order valence-corrected chi connectivity index (χ4v) is 3.05. The molecule has 2 rings (SSSR count). The van der Waals surface area contributed by atoms with E-state index in [2.05, 4.69) is 25.0 Å². The van der Waals surface area contributed by atoms with Crippen LogP contribution in [0.3, 0.4) is 0 Å². The topological polar surface area (TPSA) is 38.0 Å². The number of aryl methyl sites for hydroxylation is 2. The van der Waals surface area contributed by atoms with Crippen molar-refractivity contribution in [1.82, 2.24) is 9.78 Å². The van der Waals surface area contributed by atoms with Gasteiger partial charge < -0.3 is 5.11 Å². The van der Waals surface area contributed by atoms with Crippen molar-refractivity contribution < 1.29 is 5.11 Å². The van der Waals surface area contributed by atoms with Gasteiger partial charge in [0.1, 0.15) is 0 Å². The van der Waals surface area contributed by atoms with Gasteiger partial charge in [-0.15, -0.1) is 0 Å². The molecule has 0 fully saturated rings. The summed E-state index contributed by atoms with van der Waals surface area (Å²) in [6.07, 6.45) is 1.18. The normalized spacial score (nSPS) is 12.7. The smallest absolute Gasteiger partial charge is 0.0798 e. The highest BCUT2D eigenvalue weighted by Gasteiger charge is 2.19. The molecular formula is C17H23ClN2O. The summed E-state index contributed by atoms with van der Waals surface area (Å²) in [5.41, 5.74) is 5.25. The molecule has 0 bridgehead atoms. The first kappa shape index (κ1) is 16.1. The number of nitrogens with zero attached hydrogens (tertiary/aromatic N) is 2. The maximum Gasteiger partial charge on any atom is 0.0798 e. The van der Waals surface area contributed by atoms with Crippen molar-refractivity contribution in [2.45, 2.75) is 53.2 Å². The van der Waals surface area contributed by atoms with Gasteiger partial charge in [0.25, 0.3) is 0 Å². The van der Waals surface area contributed by atoms with Crippen LogP contribution in [0.15, 0.2) is 18.2 Å². The summed E-state index contributed by atoms with van der Waals surface area (Å²) in [5.74, 6) is 0. The Balaban J connectivity index is 2.44. The third-order valence-electron chi connectivity index (χ3n) is 3.79. The molecule has 0 saturated carbocycles. The van der Waals surface area contributed by atoms with Gasteiger partial charge in [0.15, 0.2) is 0 Å². The zero-order valence-electron chi connectivity index (χ0n) is 13.2. The number of halogens is 1. The molecule has 0 radical (unpaired) electrons. The summed E-state index contributed by atoms with van der Waals surface area (Å²) >= 11 is 6.33. The molecule has 0 amide bonds. The molecule has 21 heavy (non-hydrogen) atoms. The van der Waals surface area contributed by atoms with Gasteiger partial charge in [-0.1, -0.05) is 37.6 Å². The van der Waals surface area contributed by atoms with Gasteiger partial charge in [-0.3, -0.25) is 4.68 Å². The number of aliphatic hydroxyl groups is 1. The van der Waals surface area contributed by atoms with Crippen molar-refractivity contribution in [1.29, 1.82) is 0 Å². The highest BCUT2D eigenvalue weighted by molar-refractivity contribution is 6.31. The Morgan fingerprint density at radius 1 is 1.29 bits per heavy atom. The number of benzene rings is 1. The average molecular weight is 307 g/mol. The Hall–Kier alpha value is -1.32. The first-order valence-corrected chi connectivity index (χ1v) is 7.87. The fraction of sp³-hybridized carbons (Fsp3) is 0.471. The van der Waals surface area contributed by atoms with Crippen LogP contribution >= 0.6 is 11.6 Å². The standard InChI is InChI=1S/C17H23ClN2O/c1-5-15-17(12(4)21)16(6-2)20(19-15)10-13-8-7-11(3)9-14(13)18/h7-9,12,21H,5-6,10H2,1-4H3. The number of hydrogen-bond donors (Lipinski definition) is 1. The molecule has 1 atom stereocenters. The Labute approximate surface area is 131 Å². The van der Waals surface area contributed by atoms with Gasteiger partial charge in [0.05, 0.1) is 18.3 Å². The van der Waals surface area contributed by atoms with Gasteiger partial charge in [-0.05, 0) is 43.9 Å². The first-order valence-electron chi connectivity index (χ1n) is 7.49. The van der Waals surface area contributed by atoms with Crippen LogP contribution in [-0.4, -0.2) is 14.9 Å². The van der Waals surface area contributed by atoms with Crippen LogP contribution in [-0.2, 0) is 19.4 Å². The third kappa shape index (κ3) is 3.30. The zero-order chi connectivity index (χ0) is 15.6. The molecular weight excluding hydrogens is 284 g/mol. The molecule has 114 valence electrons. The SMILES string of the molecule is CCc1nn(Cc2ccc(C)cc2Cl)c(CC)c1C(C)O. The average Bonchev–Trinajstić information content (AvgIpc) is 2.79. The van der Waals surface area contributed by atoms with E-state index in [0.717, 1.165) is 45.9 Å². The number of rotatable bonds is 5. The molecule has 0 saturated heterocycles. The van der Waals surface area contributed by atoms with Crippen LogP contribution in [0.2, 0.25) is 5.02 Å². The van der Waals surface area contributed by atoms with E-state index in [4.69, 9.17) is 11.6 Å². The van der Waals surface area contributed by atoms with Crippen molar-refractivity contribution in [3.05, 3.63) is 51.3 Å². The second kappa shape index (κ2) is 6.63. The van der Waals surface area contributed by atoms with Crippen LogP contribution in [0, 0.1) is 6.92 Å². The maximum absolute atomic E-state index is 10.0. The van der Waals surface area contributed by atoms with E-state index in [0.29, 0.717) is 6.54 Å². The summed E-state index contributed by atoms with van der Waals surface area (Å²) < 4.78 is 1.98. The Morgan fingerprint density at radius 2 is 2.00 bits per heavy atom. The summed E-state index contributed by atoms with van der Waals surface area (Å²) in [7, 11) is 0. The largest absolute Gasteiger partial charge is 0.389 e. The van der Waals surface area contributed by atoms with Crippen molar-refractivity contribution in [3.8, 4) is 0 Å². The second-order valence-corrected chi connectivity index (χ2v) is 5.85. The van der Waals surface area contributed by atoms with Crippen molar-refractivity contribution >= 4 is 11.6 Å². The van der Waals surface area contributed by atoms with Gasteiger partial charge >= 0.3 is 0 Å². The van der Waals surface area contributed by atoms with E-state index in [1.165, 1.54) is 0 Å². The Bertz CT molecular complexity index is 632. The highest BCUT2D eigenvalue weighted by atomic mass is 35.5. The van der Waals surface area contributed by atoms with Crippen LogP contribution in [0.25, 0.3) is 0 Å². The van der Waals surface area contributed by atoms with E-state index in [9.17, 15) is 5.11 Å². The molecule has 0 aliphatic heterocycles. The molecule has 1 heterocycles. The van der Waals surface area contributed by atoms with Crippen LogP contribution < -0.4 is 0 Å². The summed E-state index contributed by atoms with van der Waals surface area (Å²) in [6, 6.07) is 6.08. The van der Waals surface area contributed by atoms with E-state index in [1.54, 1.807) is 6.92 Å². The highest BCUT2D eigenvalue weighted by Crippen LogP contribution is 2.26. The fourth-order valence-electron chi connectivity index (χ4n) is 2.75. The summed E-state index contributed by atoms with van der Waals surface area (Å²) in [6.45, 7) is 8.63. The van der Waals surface area contributed by atoms with Crippen LogP contribution in [0.5, 0.6) is 0 Å². The molecule has 4 heteroatoms. The minimum Gasteiger partial charge on any atom is -0.389 e. The minimum absolute atomic E-state index is 0.489. The Morgan fingerprint density at radius 3 is 2.52 bits per heavy atom. The predicted octanol–water partition coefficient (Wildman–Crippen LogP) is 4.07. The molecule has 2 aromatic rings. The molecule has 1 N–H and O–H groups in total. The van der Waals surface area contributed by atoms with Crippen LogP contribution in [0.4, 0.5) is 0 Å². The molecule has 1 aromatic carbocycles. The lowest BCUT2D eigenvalue weighted by atomic mass is 10.0. The number of aliphatic hydroxyl groups excluding tert-OH is 1. The van der Waals surface area contributed by atoms with Crippen molar-refractivity contribution in [2.24, 2.45) is 0 Å². The van der Waals surface area contributed by atoms with Gasteiger partial charge in [-0.25, -0.2) is 0 Å². The summed E-state index contributed by atoms with van der Waals surface area (Å²) in [5, 5.41) is 15.5. The summed E-state index contributed by atoms with van der Waals surface area (Å²) in [4.78, 5) is 0. The van der Waals surface area contributed by atoms with Gasteiger partial charge in [0.2, 0.25) is 0 Å². The molecule has 1 unspecified atom stereocenters. The lowest BCUT2D eigenvalue weighted by Gasteiger charge is -2.11. The molecule has 3 nitrogen and oxygen atoms in total. The molecule has 0 aliphatic carbocycles. The quantitative estimate of drug-likeness (QED) is 0.904. The van der Waals surface area contributed by atoms with E-state index in [1.807, 2.05) is 23.7 Å². The minimum atomic E-state index is -0.489. The Kier molecular flexibility index (Phi) is 5.07. The lowest BCUT2D eigenvalue weighted by molar-refractivity contribution is 0.197. The number of hydrogen-bond acceptors (Lipinski definition) is 2. The maximum atomic E-state index is 10.0. The van der Waals surface area contributed by atoms with E-state index in [-0.39, 0.29) is 0 Å². The van der Waals surface area contributed by atoms with Crippen molar-refractivity contribution in [3.63, 3.8) is 0 Å². The van der Waals surface area contributed by atoms with Crippen molar-refractivity contribution in [2.75, 3.05) is 0 Å². The first-order chi connectivity index (χ1) is 9.97. The number of aromatic nitrogens is 2. The van der Waals surface area contributed by atoms with Crippen LogP contribution in [0.1, 0.15) is 55.0 Å². The molecule has 0 spiro atoms.